The third-order valence-corrected chi connectivity index (χ3v) is 7.63. The van der Waals surface area contributed by atoms with E-state index in [2.05, 4.69) is 14.8 Å². The molecule has 2 aliphatic rings. The Kier molecular flexibility index (Phi) is 11.9. The summed E-state index contributed by atoms with van der Waals surface area (Å²) < 4.78 is 37.5. The summed E-state index contributed by atoms with van der Waals surface area (Å²) in [7, 11) is 0. The van der Waals surface area contributed by atoms with Crippen LogP contribution in [0.1, 0.15) is 32.4 Å². The van der Waals surface area contributed by atoms with Crippen LogP contribution in [0.4, 0.5) is 16.0 Å². The van der Waals surface area contributed by atoms with E-state index in [1.165, 1.54) is 12.1 Å². The smallest absolute Gasteiger partial charge is 0.171 e. The molecule has 0 bridgehead atoms. The number of nitrogens with two attached hydrogens (primary N) is 1. The average molecular weight is 623 g/mol. The summed E-state index contributed by atoms with van der Waals surface area (Å²) in [6, 6.07) is 6.38. The molecule has 1 unspecified atom stereocenters. The van der Waals surface area contributed by atoms with Crippen molar-refractivity contribution in [1.29, 1.82) is 0 Å². The zero-order chi connectivity index (χ0) is 30.1. The average Bonchev–Trinajstić information content (AvgIpc) is 3.02. The molecule has 0 saturated carbocycles. The van der Waals surface area contributed by atoms with Crippen molar-refractivity contribution >= 4 is 34.8 Å². The van der Waals surface area contributed by atoms with E-state index in [1.807, 2.05) is 19.9 Å². The van der Waals surface area contributed by atoms with Crippen LogP contribution in [-0.2, 0) is 9.47 Å². The van der Waals surface area contributed by atoms with Gasteiger partial charge < -0.3 is 29.6 Å². The molecule has 2 fully saturated rings. The van der Waals surface area contributed by atoms with Crippen molar-refractivity contribution < 1.29 is 23.3 Å². The van der Waals surface area contributed by atoms with Crippen LogP contribution < -0.4 is 20.1 Å². The van der Waals surface area contributed by atoms with Gasteiger partial charge in [-0.15, -0.1) is 0 Å². The molecule has 228 valence electrons. The van der Waals surface area contributed by atoms with Crippen molar-refractivity contribution in [3.8, 4) is 22.6 Å². The SMILES string of the molecule is CC.CC(Oc1cc(-c2cnc(N3CCOCC3)c(OCCN3CCOCC3)c2)cnc1N)c1c(Cl)ccc(F)c1Cl. The number of aromatic nitrogens is 2. The lowest BCUT2D eigenvalue weighted by Gasteiger charge is -2.30. The first-order valence-corrected chi connectivity index (χ1v) is 15.0. The second kappa shape index (κ2) is 15.5. The number of morpholine rings is 2. The second-order valence-electron chi connectivity index (χ2n) is 9.57. The van der Waals surface area contributed by atoms with E-state index in [4.69, 9.17) is 52.9 Å². The Morgan fingerprint density at radius 3 is 2.26 bits per heavy atom. The van der Waals surface area contributed by atoms with Crippen molar-refractivity contribution in [2.75, 3.05) is 76.4 Å². The number of hydrogen-bond acceptors (Lipinski definition) is 9. The van der Waals surface area contributed by atoms with Crippen LogP contribution in [0.25, 0.3) is 11.1 Å². The fourth-order valence-electron chi connectivity index (χ4n) is 4.70. The van der Waals surface area contributed by atoms with E-state index in [0.717, 1.165) is 62.9 Å². The van der Waals surface area contributed by atoms with Gasteiger partial charge in [-0.2, -0.15) is 0 Å². The lowest BCUT2D eigenvalue weighted by molar-refractivity contribution is 0.0322. The normalized spacial score (nSPS) is 16.4. The van der Waals surface area contributed by atoms with Gasteiger partial charge >= 0.3 is 0 Å². The Morgan fingerprint density at radius 1 is 0.952 bits per heavy atom. The van der Waals surface area contributed by atoms with Gasteiger partial charge in [0.15, 0.2) is 23.1 Å². The molecule has 0 amide bonds. The van der Waals surface area contributed by atoms with E-state index in [-0.39, 0.29) is 10.8 Å². The van der Waals surface area contributed by atoms with Gasteiger partial charge in [-0.25, -0.2) is 14.4 Å². The minimum Gasteiger partial charge on any atom is -0.488 e. The van der Waals surface area contributed by atoms with Gasteiger partial charge in [0.2, 0.25) is 0 Å². The summed E-state index contributed by atoms with van der Waals surface area (Å²) in [6.07, 6.45) is 2.74. The summed E-state index contributed by atoms with van der Waals surface area (Å²) in [5.74, 6) is 1.37. The number of nitrogen functional groups attached to an aromatic ring is 1. The number of benzene rings is 1. The third kappa shape index (κ3) is 7.93. The molecule has 42 heavy (non-hydrogen) atoms. The molecule has 2 aromatic heterocycles. The zero-order valence-corrected chi connectivity index (χ0v) is 25.8. The highest BCUT2D eigenvalue weighted by molar-refractivity contribution is 6.36. The minimum absolute atomic E-state index is 0.0931. The summed E-state index contributed by atoms with van der Waals surface area (Å²) in [5.41, 5.74) is 7.98. The monoisotopic (exact) mass is 621 g/mol. The number of nitrogens with zero attached hydrogens (tertiary/aromatic N) is 4. The van der Waals surface area contributed by atoms with Gasteiger partial charge in [0.05, 0.1) is 31.5 Å². The predicted molar refractivity (Wildman–Crippen MR) is 164 cm³/mol. The number of ether oxygens (including phenoxy) is 4. The molecular formula is C30H38Cl2FN5O4. The summed E-state index contributed by atoms with van der Waals surface area (Å²) in [6.45, 7) is 13.0. The first-order valence-electron chi connectivity index (χ1n) is 14.2. The Balaban J connectivity index is 0.00000198. The van der Waals surface area contributed by atoms with Crippen molar-refractivity contribution in [2.45, 2.75) is 26.9 Å². The quantitative estimate of drug-likeness (QED) is 0.294. The molecule has 1 aromatic carbocycles. The number of halogens is 3. The van der Waals surface area contributed by atoms with E-state index < -0.39 is 11.9 Å². The zero-order valence-electron chi connectivity index (χ0n) is 24.2. The molecule has 2 saturated heterocycles. The number of rotatable bonds is 9. The maximum absolute atomic E-state index is 14.1. The number of hydrogen-bond donors (Lipinski definition) is 1. The van der Waals surface area contributed by atoms with Crippen molar-refractivity contribution in [1.82, 2.24) is 14.9 Å². The lowest BCUT2D eigenvalue weighted by atomic mass is 10.1. The molecule has 12 heteroatoms. The van der Waals surface area contributed by atoms with Crippen LogP contribution in [-0.4, -0.2) is 80.6 Å². The Hall–Kier alpha value is -2.89. The van der Waals surface area contributed by atoms with Crippen molar-refractivity contribution in [3.63, 3.8) is 0 Å². The predicted octanol–water partition coefficient (Wildman–Crippen LogP) is 5.89. The van der Waals surface area contributed by atoms with Gasteiger partial charge in [0.25, 0.3) is 0 Å². The van der Waals surface area contributed by atoms with Crippen LogP contribution in [0.2, 0.25) is 10.0 Å². The van der Waals surface area contributed by atoms with E-state index in [0.29, 0.717) is 41.9 Å². The van der Waals surface area contributed by atoms with Gasteiger partial charge in [0.1, 0.15) is 18.5 Å². The lowest BCUT2D eigenvalue weighted by Crippen LogP contribution is -2.39. The summed E-state index contributed by atoms with van der Waals surface area (Å²) >= 11 is 12.5. The first-order chi connectivity index (χ1) is 20.4. The number of pyridine rings is 2. The fourth-order valence-corrected chi connectivity index (χ4v) is 5.37. The van der Waals surface area contributed by atoms with Crippen molar-refractivity contribution in [2.24, 2.45) is 0 Å². The second-order valence-corrected chi connectivity index (χ2v) is 10.4. The Bertz CT molecular complexity index is 1320. The highest BCUT2D eigenvalue weighted by atomic mass is 35.5. The molecule has 9 nitrogen and oxygen atoms in total. The van der Waals surface area contributed by atoms with E-state index in [1.54, 1.807) is 25.4 Å². The molecule has 5 rings (SSSR count). The largest absolute Gasteiger partial charge is 0.488 e. The third-order valence-electron chi connectivity index (χ3n) is 6.92. The standard InChI is InChI=1S/C28H32Cl2FN5O4.C2H6/c1-18(25-21(29)2-3-22(31)26(25)30)40-23-14-19(16-33-27(23)32)20-15-24(39-13-6-35-4-9-37-10-5-35)28(34-17-20)36-7-11-38-12-8-36;1-2/h2-3,14-18H,4-13H2,1H3,(H2,32,33);1-2H3. The van der Waals surface area contributed by atoms with E-state index >= 15 is 0 Å². The van der Waals surface area contributed by atoms with Gasteiger partial charge in [-0.1, -0.05) is 37.0 Å². The van der Waals surface area contributed by atoms with Gasteiger partial charge in [-0.05, 0) is 31.2 Å². The maximum Gasteiger partial charge on any atom is 0.171 e. The van der Waals surface area contributed by atoms with Gasteiger partial charge in [0, 0.05) is 66.8 Å². The highest BCUT2D eigenvalue weighted by Gasteiger charge is 2.22. The molecule has 1 atom stereocenters. The van der Waals surface area contributed by atoms with Crippen molar-refractivity contribution in [3.05, 3.63) is 58.1 Å². The molecule has 0 aliphatic carbocycles. The topological polar surface area (TPSA) is 95.2 Å². The summed E-state index contributed by atoms with van der Waals surface area (Å²) in [4.78, 5) is 13.6. The van der Waals surface area contributed by atoms with Crippen LogP contribution in [0.15, 0.2) is 36.7 Å². The molecule has 0 radical (unpaired) electrons. The molecule has 3 aromatic rings. The summed E-state index contributed by atoms with van der Waals surface area (Å²) in [5, 5.41) is 0.202. The fraction of sp³-hybridized carbons (Fsp3) is 0.467. The molecule has 4 heterocycles. The Morgan fingerprint density at radius 2 is 1.57 bits per heavy atom. The molecule has 2 N–H and O–H groups in total. The van der Waals surface area contributed by atoms with Crippen LogP contribution >= 0.6 is 23.2 Å². The maximum atomic E-state index is 14.1. The molecule has 0 spiro atoms. The Labute approximate surface area is 256 Å². The van der Waals surface area contributed by atoms with Crippen LogP contribution in [0, 0.1) is 5.82 Å². The first kappa shape index (κ1) is 32.0. The minimum atomic E-state index is -0.684. The molecule has 2 aliphatic heterocycles. The highest BCUT2D eigenvalue weighted by Crippen LogP contribution is 2.38. The van der Waals surface area contributed by atoms with E-state index in [9.17, 15) is 4.39 Å². The molecular weight excluding hydrogens is 584 g/mol. The van der Waals surface area contributed by atoms with Gasteiger partial charge in [-0.3, -0.25) is 4.90 Å². The van der Waals surface area contributed by atoms with Crippen LogP contribution in [0.3, 0.4) is 0 Å². The number of anilines is 2. The van der Waals surface area contributed by atoms with Crippen LogP contribution in [0.5, 0.6) is 11.5 Å².